The number of thiazole rings is 1. The summed E-state index contributed by atoms with van der Waals surface area (Å²) in [6.07, 6.45) is -1.39. The Morgan fingerprint density at radius 1 is 0.942 bits per heavy atom. The Morgan fingerprint density at radius 2 is 1.69 bits per heavy atom. The first-order valence-electron chi connectivity index (χ1n) is 16.0. The van der Waals surface area contributed by atoms with Crippen molar-refractivity contribution in [1.82, 2.24) is 20.2 Å². The van der Waals surface area contributed by atoms with Gasteiger partial charge in [-0.05, 0) is 35.9 Å². The summed E-state index contributed by atoms with van der Waals surface area (Å²) in [5.74, 6) is -2.51. The molecule has 0 fully saturated rings. The Balaban J connectivity index is 1.23. The minimum absolute atomic E-state index is 0.0461. The fraction of sp³-hybridized carbons (Fsp3) is 0.222. The fourth-order valence-corrected chi connectivity index (χ4v) is 6.62. The Labute approximate surface area is 298 Å². The minimum Gasteiger partial charge on any atom is -0.505 e. The summed E-state index contributed by atoms with van der Waals surface area (Å²) in [5.41, 5.74) is 1.47. The lowest BCUT2D eigenvalue weighted by molar-refractivity contribution is -0.274. The number of aromatic hydroxyl groups is 1. The zero-order valence-corrected chi connectivity index (χ0v) is 28.0. The van der Waals surface area contributed by atoms with Gasteiger partial charge in [0, 0.05) is 48.8 Å². The van der Waals surface area contributed by atoms with Crippen molar-refractivity contribution in [3.05, 3.63) is 102 Å². The number of carbonyl (C=O) groups is 4. The first-order valence-corrected chi connectivity index (χ1v) is 16.8. The lowest BCUT2D eigenvalue weighted by atomic mass is 9.94. The largest absolute Gasteiger partial charge is 0.573 e. The van der Waals surface area contributed by atoms with E-state index in [4.69, 9.17) is 9.72 Å². The second-order valence-corrected chi connectivity index (χ2v) is 12.5. The van der Waals surface area contributed by atoms with Gasteiger partial charge in [-0.3, -0.25) is 34.0 Å². The number of aromatic nitrogens is 2. The molecule has 5 aromatic rings. The Hall–Kier alpha value is -5.87. The molecule has 1 unspecified atom stereocenters. The van der Waals surface area contributed by atoms with E-state index in [1.807, 2.05) is 12.1 Å². The van der Waals surface area contributed by atoms with Gasteiger partial charge in [0.05, 0.1) is 35.9 Å². The van der Waals surface area contributed by atoms with Gasteiger partial charge in [0.15, 0.2) is 5.13 Å². The number of halogens is 3. The quantitative estimate of drug-likeness (QED) is 0.113. The number of rotatable bonds is 14. The van der Waals surface area contributed by atoms with Crippen LogP contribution < -0.4 is 15.0 Å². The number of nitrogens with one attached hydrogen (secondary N) is 1. The van der Waals surface area contributed by atoms with Gasteiger partial charge in [0.25, 0.3) is 11.8 Å². The van der Waals surface area contributed by atoms with Crippen molar-refractivity contribution >= 4 is 61.2 Å². The molecule has 4 amide bonds. The Morgan fingerprint density at radius 3 is 2.42 bits per heavy atom. The van der Waals surface area contributed by atoms with E-state index in [2.05, 4.69) is 15.0 Å². The smallest absolute Gasteiger partial charge is 0.505 e. The number of phenols is 1. The number of anilines is 1. The summed E-state index contributed by atoms with van der Waals surface area (Å²) in [7, 11) is 0. The third-order valence-electron chi connectivity index (χ3n) is 8.01. The molecule has 2 aromatic heterocycles. The molecule has 3 aromatic carbocycles. The number of fused-ring (bicyclic) bond motifs is 2. The Bertz CT molecular complexity index is 2110. The van der Waals surface area contributed by atoms with Crippen LogP contribution in [0.2, 0.25) is 0 Å². The van der Waals surface area contributed by atoms with Crippen LogP contribution in [0.4, 0.5) is 18.3 Å². The molecule has 0 spiro atoms. The van der Waals surface area contributed by atoms with Gasteiger partial charge in [0.1, 0.15) is 17.0 Å². The molecule has 52 heavy (non-hydrogen) atoms. The van der Waals surface area contributed by atoms with Crippen molar-refractivity contribution in [2.75, 3.05) is 31.2 Å². The van der Waals surface area contributed by atoms with Gasteiger partial charge in [-0.2, -0.15) is 0 Å². The molecule has 12 nitrogen and oxygen atoms in total. The third kappa shape index (κ3) is 8.35. The van der Waals surface area contributed by atoms with E-state index in [9.17, 15) is 37.5 Å². The van der Waals surface area contributed by atoms with Gasteiger partial charge in [-0.25, -0.2) is 4.98 Å². The second kappa shape index (κ2) is 15.6. The number of imide groups is 1. The van der Waals surface area contributed by atoms with Gasteiger partial charge in [-0.1, -0.05) is 53.8 Å². The maximum absolute atomic E-state index is 14.3. The summed E-state index contributed by atoms with van der Waals surface area (Å²) >= 11 is 1.22. The van der Waals surface area contributed by atoms with E-state index in [0.29, 0.717) is 16.5 Å². The number of phenolic OH excluding ortho intramolecular Hbond substituents is 1. The highest BCUT2D eigenvalue weighted by molar-refractivity contribution is 7.22. The van der Waals surface area contributed by atoms with Gasteiger partial charge in [-0.15, -0.1) is 13.2 Å². The number of alkyl halides is 3. The molecule has 2 N–H and O–H groups in total. The van der Waals surface area contributed by atoms with Crippen molar-refractivity contribution < 1.29 is 46.9 Å². The maximum atomic E-state index is 14.3. The van der Waals surface area contributed by atoms with Crippen molar-refractivity contribution in [2.24, 2.45) is 0 Å². The molecule has 1 aliphatic rings. The van der Waals surface area contributed by atoms with Gasteiger partial charge >= 0.3 is 6.36 Å². The summed E-state index contributed by atoms with van der Waals surface area (Å²) < 4.78 is 49.5. The number of amides is 4. The van der Waals surface area contributed by atoms with Crippen molar-refractivity contribution in [3.63, 3.8) is 0 Å². The predicted molar refractivity (Wildman–Crippen MR) is 184 cm³/mol. The van der Waals surface area contributed by atoms with Crippen LogP contribution in [-0.2, 0) is 23.9 Å². The Kier molecular flexibility index (Phi) is 10.8. The van der Waals surface area contributed by atoms with Crippen molar-refractivity contribution in [2.45, 2.75) is 25.2 Å². The molecular weight excluding hydrogens is 703 g/mol. The summed E-state index contributed by atoms with van der Waals surface area (Å²) in [5, 5.41) is 15.1. The highest BCUT2D eigenvalue weighted by Gasteiger charge is 2.34. The molecule has 0 bridgehead atoms. The molecule has 16 heteroatoms. The summed E-state index contributed by atoms with van der Waals surface area (Å²) in [6.45, 7) is 0.0105. The number of carbonyl (C=O) groups excluding carboxylic acids is 4. The van der Waals surface area contributed by atoms with Crippen molar-refractivity contribution in [1.29, 1.82) is 0 Å². The zero-order chi connectivity index (χ0) is 36.8. The van der Waals surface area contributed by atoms with Crippen LogP contribution >= 0.6 is 11.3 Å². The molecular formula is C36H30F3N5O7S. The maximum Gasteiger partial charge on any atom is 0.573 e. The van der Waals surface area contributed by atoms with Crippen molar-refractivity contribution in [3.8, 4) is 11.5 Å². The van der Waals surface area contributed by atoms with Crippen LogP contribution in [0.1, 0.15) is 30.0 Å². The average molecular weight is 734 g/mol. The predicted octanol–water partition coefficient (Wildman–Crippen LogP) is 5.41. The average Bonchev–Trinajstić information content (AvgIpc) is 3.69. The molecule has 0 saturated heterocycles. The van der Waals surface area contributed by atoms with E-state index in [1.165, 1.54) is 34.6 Å². The SMILES string of the molecule is O=C(CCN1C(=O)C=CC1=O)NCCOCCC(=O)N(c1nc2ccccc2s1)C(c1ccc(OC(F)(F)F)cc1)c1ccc2cccnc2c1O. The molecule has 1 aliphatic heterocycles. The van der Waals surface area contributed by atoms with Crippen LogP contribution in [0.15, 0.2) is 91.1 Å². The first kappa shape index (κ1) is 35.9. The number of benzene rings is 3. The van der Waals surface area contributed by atoms with Crippen LogP contribution in [0.25, 0.3) is 21.1 Å². The van der Waals surface area contributed by atoms with Crippen LogP contribution in [-0.4, -0.2) is 76.3 Å². The summed E-state index contributed by atoms with van der Waals surface area (Å²) in [6, 6.07) is 18.0. The number of ether oxygens (including phenoxy) is 2. The van der Waals surface area contributed by atoms with Crippen LogP contribution in [0.5, 0.6) is 11.5 Å². The van der Waals surface area contributed by atoms with E-state index < -0.39 is 41.8 Å². The highest BCUT2D eigenvalue weighted by Crippen LogP contribution is 2.43. The molecule has 6 rings (SSSR count). The number of para-hydroxylation sites is 1. The van der Waals surface area contributed by atoms with Crippen LogP contribution in [0, 0.1) is 0 Å². The molecule has 3 heterocycles. The highest BCUT2D eigenvalue weighted by atomic mass is 32.1. The van der Waals surface area contributed by atoms with Crippen LogP contribution in [0.3, 0.4) is 0 Å². The molecule has 0 saturated carbocycles. The number of pyridine rings is 1. The minimum atomic E-state index is -4.92. The molecule has 0 aliphatic carbocycles. The number of nitrogens with zero attached hydrogens (tertiary/aromatic N) is 4. The molecule has 0 radical (unpaired) electrons. The monoisotopic (exact) mass is 733 g/mol. The van der Waals surface area contributed by atoms with E-state index in [1.54, 1.807) is 36.4 Å². The number of hydrogen-bond acceptors (Lipinski definition) is 10. The number of hydrogen-bond donors (Lipinski definition) is 2. The van der Waals surface area contributed by atoms with Gasteiger partial charge < -0.3 is 19.9 Å². The lowest BCUT2D eigenvalue weighted by Gasteiger charge is -2.31. The standard InChI is InChI=1S/C36H30F3N5O7S/c37-36(38,39)51-24-10-7-23(8-11-24)33(25-12-9-22-4-3-17-41-32(22)34(25)49)44(35-42-26-5-1-2-6-27(26)52-35)31(48)16-20-50-21-18-40-28(45)15-19-43-29(46)13-14-30(43)47/h1-14,17,33,49H,15-16,18-21H2,(H,40,45). The molecule has 268 valence electrons. The third-order valence-corrected chi connectivity index (χ3v) is 9.05. The zero-order valence-electron chi connectivity index (χ0n) is 27.2. The normalized spacial score (nSPS) is 13.6. The van der Waals surface area contributed by atoms with Gasteiger partial charge in [0.2, 0.25) is 11.8 Å². The second-order valence-electron chi connectivity index (χ2n) is 11.4. The molecule has 1 atom stereocenters. The lowest BCUT2D eigenvalue weighted by Crippen LogP contribution is -2.37. The topological polar surface area (TPSA) is 151 Å². The fourth-order valence-electron chi connectivity index (χ4n) is 5.61. The van der Waals surface area contributed by atoms with E-state index >= 15 is 0 Å². The van der Waals surface area contributed by atoms with E-state index in [0.717, 1.165) is 33.9 Å². The first-order chi connectivity index (χ1) is 25.0. The van der Waals surface area contributed by atoms with E-state index in [-0.39, 0.29) is 61.1 Å². The summed E-state index contributed by atoms with van der Waals surface area (Å²) in [4.78, 5) is 61.2.